The van der Waals surface area contributed by atoms with Gasteiger partial charge in [-0.25, -0.2) is 17.6 Å². The van der Waals surface area contributed by atoms with Crippen molar-refractivity contribution in [2.75, 3.05) is 0 Å². The lowest BCUT2D eigenvalue weighted by atomic mass is 9.90. The van der Waals surface area contributed by atoms with E-state index < -0.39 is 30.8 Å². The first-order chi connectivity index (χ1) is 4.86. The molecule has 0 atom stereocenters. The summed E-state index contributed by atoms with van der Waals surface area (Å²) >= 11 is 0. The van der Waals surface area contributed by atoms with Crippen molar-refractivity contribution >= 4 is 0 Å². The van der Waals surface area contributed by atoms with Gasteiger partial charge in [0.05, 0.1) is 0 Å². The van der Waals surface area contributed by atoms with Crippen LogP contribution in [0.15, 0.2) is 0 Å². The molecule has 5 heteroatoms. The lowest BCUT2D eigenvalue weighted by molar-refractivity contribution is -0.507. The third kappa shape index (κ3) is 1.47. The van der Waals surface area contributed by atoms with E-state index in [1.165, 1.54) is 0 Å². The molecular formula is C6H7F4O-. The molecule has 0 aromatic carbocycles. The van der Waals surface area contributed by atoms with Crippen molar-refractivity contribution in [2.24, 2.45) is 0 Å². The second-order valence-corrected chi connectivity index (χ2v) is 2.76. The maximum Gasteiger partial charge on any atom is 0.241 e. The quantitative estimate of drug-likeness (QED) is 0.501. The molecule has 1 aliphatic carbocycles. The Morgan fingerprint density at radius 2 is 1.36 bits per heavy atom. The van der Waals surface area contributed by atoms with Gasteiger partial charge in [-0.15, -0.1) is 0 Å². The molecule has 1 aliphatic rings. The molecule has 66 valence electrons. The van der Waals surface area contributed by atoms with Crippen LogP contribution in [0.4, 0.5) is 17.6 Å². The Morgan fingerprint density at radius 3 is 1.64 bits per heavy atom. The molecule has 0 aromatic rings. The second-order valence-electron chi connectivity index (χ2n) is 2.76. The van der Waals surface area contributed by atoms with Gasteiger partial charge in [0.15, 0.2) is 0 Å². The molecule has 11 heavy (non-hydrogen) atoms. The summed E-state index contributed by atoms with van der Waals surface area (Å²) in [6, 6.07) is 0. The van der Waals surface area contributed by atoms with E-state index in [2.05, 4.69) is 0 Å². The fourth-order valence-electron chi connectivity index (χ4n) is 1.13. The SMILES string of the molecule is [O-]C1C(F)(F)CCCC1(F)F. The zero-order valence-electron chi connectivity index (χ0n) is 5.62. The first-order valence-corrected chi connectivity index (χ1v) is 3.28. The van der Waals surface area contributed by atoms with E-state index in [-0.39, 0.29) is 6.42 Å². The van der Waals surface area contributed by atoms with Gasteiger partial charge in [-0.2, -0.15) is 0 Å². The summed E-state index contributed by atoms with van der Waals surface area (Å²) in [6.07, 6.45) is -4.75. The highest BCUT2D eigenvalue weighted by molar-refractivity contribution is 4.91. The highest BCUT2D eigenvalue weighted by Gasteiger charge is 2.50. The van der Waals surface area contributed by atoms with Crippen molar-refractivity contribution in [1.82, 2.24) is 0 Å². The Morgan fingerprint density at radius 1 is 1.00 bits per heavy atom. The molecule has 0 radical (unpaired) electrons. The summed E-state index contributed by atoms with van der Waals surface area (Å²) in [7, 11) is 0. The van der Waals surface area contributed by atoms with Crippen LogP contribution in [0.3, 0.4) is 0 Å². The predicted octanol–water partition coefficient (Wildman–Crippen LogP) is 1.17. The molecular weight excluding hydrogens is 164 g/mol. The van der Waals surface area contributed by atoms with Crippen LogP contribution in [0.1, 0.15) is 19.3 Å². The van der Waals surface area contributed by atoms with Crippen molar-refractivity contribution < 1.29 is 22.7 Å². The van der Waals surface area contributed by atoms with Crippen LogP contribution in [-0.2, 0) is 0 Å². The van der Waals surface area contributed by atoms with E-state index >= 15 is 0 Å². The molecule has 0 aliphatic heterocycles. The standard InChI is InChI=1S/C6H7F4O/c7-5(8)2-1-3-6(9,10)4(5)11/h4H,1-3H2/q-1. The molecule has 0 amide bonds. The van der Waals surface area contributed by atoms with Gasteiger partial charge < -0.3 is 5.11 Å². The Kier molecular flexibility index (Phi) is 1.86. The monoisotopic (exact) mass is 171 g/mol. The normalized spacial score (nSPS) is 30.3. The van der Waals surface area contributed by atoms with Crippen LogP contribution < -0.4 is 5.11 Å². The van der Waals surface area contributed by atoms with Crippen LogP contribution in [0, 0.1) is 0 Å². The second kappa shape index (κ2) is 2.33. The largest absolute Gasteiger partial charge is 0.843 e. The summed E-state index contributed by atoms with van der Waals surface area (Å²) < 4.78 is 49.2. The number of alkyl halides is 4. The first-order valence-electron chi connectivity index (χ1n) is 3.28. The lowest BCUT2D eigenvalue weighted by Gasteiger charge is -2.41. The van der Waals surface area contributed by atoms with Crippen LogP contribution in [0.2, 0.25) is 0 Å². The van der Waals surface area contributed by atoms with Gasteiger partial charge in [0.2, 0.25) is 11.8 Å². The van der Waals surface area contributed by atoms with Gasteiger partial charge in [0.25, 0.3) is 0 Å². The maximum absolute atomic E-state index is 12.3. The summed E-state index contributed by atoms with van der Waals surface area (Å²) in [4.78, 5) is 0. The van der Waals surface area contributed by atoms with Gasteiger partial charge in [-0.3, -0.25) is 0 Å². The third-order valence-corrected chi connectivity index (χ3v) is 1.79. The number of halogens is 4. The highest BCUT2D eigenvalue weighted by Crippen LogP contribution is 2.40. The summed E-state index contributed by atoms with van der Waals surface area (Å²) in [5.74, 6) is -7.47. The first kappa shape index (κ1) is 8.77. The predicted molar refractivity (Wildman–Crippen MR) is 27.5 cm³/mol. The summed E-state index contributed by atoms with van der Waals surface area (Å²) in [5, 5.41) is 10.4. The molecule has 1 fully saturated rings. The van der Waals surface area contributed by atoms with E-state index in [1.54, 1.807) is 0 Å². The molecule has 0 bridgehead atoms. The molecule has 0 unspecified atom stereocenters. The minimum Gasteiger partial charge on any atom is -0.843 e. The van der Waals surface area contributed by atoms with Crippen molar-refractivity contribution in [3.05, 3.63) is 0 Å². The van der Waals surface area contributed by atoms with Crippen molar-refractivity contribution in [3.8, 4) is 0 Å². The van der Waals surface area contributed by atoms with E-state index in [9.17, 15) is 22.7 Å². The van der Waals surface area contributed by atoms with Crippen molar-refractivity contribution in [3.63, 3.8) is 0 Å². The smallest absolute Gasteiger partial charge is 0.241 e. The fourth-order valence-corrected chi connectivity index (χ4v) is 1.13. The van der Waals surface area contributed by atoms with E-state index in [0.717, 1.165) is 0 Å². The lowest BCUT2D eigenvalue weighted by Crippen LogP contribution is -2.58. The van der Waals surface area contributed by atoms with E-state index in [0.29, 0.717) is 0 Å². The Labute approximate surface area is 61.0 Å². The van der Waals surface area contributed by atoms with Crippen LogP contribution in [0.25, 0.3) is 0 Å². The minimum atomic E-state index is -3.73. The summed E-state index contributed by atoms with van der Waals surface area (Å²) in [5.41, 5.74) is 0. The molecule has 1 rings (SSSR count). The van der Waals surface area contributed by atoms with Gasteiger partial charge in [0, 0.05) is 18.9 Å². The Balaban J connectivity index is 2.76. The van der Waals surface area contributed by atoms with Crippen LogP contribution in [0.5, 0.6) is 0 Å². The number of rotatable bonds is 0. The van der Waals surface area contributed by atoms with Crippen molar-refractivity contribution in [2.45, 2.75) is 37.2 Å². The Bertz CT molecular complexity index is 141. The molecule has 1 nitrogen and oxygen atoms in total. The molecule has 0 heterocycles. The van der Waals surface area contributed by atoms with E-state index in [1.807, 2.05) is 0 Å². The molecule has 0 saturated heterocycles. The van der Waals surface area contributed by atoms with E-state index in [4.69, 9.17) is 0 Å². The van der Waals surface area contributed by atoms with Crippen molar-refractivity contribution in [1.29, 1.82) is 0 Å². The topological polar surface area (TPSA) is 23.1 Å². The molecule has 0 spiro atoms. The molecule has 0 aromatic heterocycles. The number of hydrogen-bond acceptors (Lipinski definition) is 1. The van der Waals surface area contributed by atoms with Crippen LogP contribution >= 0.6 is 0 Å². The zero-order chi connectivity index (χ0) is 8.70. The fraction of sp³-hybridized carbons (Fsp3) is 1.00. The van der Waals surface area contributed by atoms with Gasteiger partial charge in [0.1, 0.15) is 0 Å². The minimum absolute atomic E-state index is 0.279. The maximum atomic E-state index is 12.3. The Hall–Kier alpha value is -0.320. The molecule has 0 N–H and O–H groups in total. The average Bonchev–Trinajstić information content (AvgIpc) is 1.82. The zero-order valence-corrected chi connectivity index (χ0v) is 5.62. The summed E-state index contributed by atoms with van der Waals surface area (Å²) in [6.45, 7) is 0. The average molecular weight is 171 g/mol. The van der Waals surface area contributed by atoms with Crippen LogP contribution in [-0.4, -0.2) is 17.9 Å². The van der Waals surface area contributed by atoms with Gasteiger partial charge in [-0.05, 0) is 6.42 Å². The van der Waals surface area contributed by atoms with Gasteiger partial charge in [-0.1, -0.05) is 0 Å². The highest BCUT2D eigenvalue weighted by atomic mass is 19.3. The number of hydrogen-bond donors (Lipinski definition) is 0. The third-order valence-electron chi connectivity index (χ3n) is 1.79. The van der Waals surface area contributed by atoms with Gasteiger partial charge >= 0.3 is 0 Å². The molecule has 1 saturated carbocycles.